The molecule has 0 radical (unpaired) electrons. The first kappa shape index (κ1) is 15.0. The first-order chi connectivity index (χ1) is 10.0. The molecule has 1 saturated carbocycles. The van der Waals surface area contributed by atoms with Crippen LogP contribution in [0.15, 0.2) is 0 Å². The number of alkyl halides is 3. The van der Waals surface area contributed by atoms with E-state index in [0.29, 0.717) is 11.3 Å². The average Bonchev–Trinajstić information content (AvgIpc) is 3.09. The van der Waals surface area contributed by atoms with E-state index in [9.17, 15) is 13.2 Å². The summed E-state index contributed by atoms with van der Waals surface area (Å²) in [5.74, 6) is 0. The van der Waals surface area contributed by atoms with Crippen LogP contribution in [-0.4, -0.2) is 40.3 Å². The Balaban J connectivity index is 1.50. The fourth-order valence-electron chi connectivity index (χ4n) is 3.25. The van der Waals surface area contributed by atoms with Gasteiger partial charge in [0.25, 0.3) is 0 Å². The van der Waals surface area contributed by atoms with E-state index in [2.05, 4.69) is 20.4 Å². The molecule has 0 unspecified atom stereocenters. The van der Waals surface area contributed by atoms with Gasteiger partial charge in [0, 0.05) is 25.2 Å². The van der Waals surface area contributed by atoms with Gasteiger partial charge in [0.05, 0.1) is 0 Å². The van der Waals surface area contributed by atoms with E-state index in [1.165, 1.54) is 25.7 Å². The van der Waals surface area contributed by atoms with Gasteiger partial charge in [-0.15, -0.1) is 10.2 Å². The summed E-state index contributed by atoms with van der Waals surface area (Å²) in [6.07, 6.45) is 2.76. The highest BCUT2D eigenvalue weighted by Crippen LogP contribution is 2.34. The molecule has 4 nitrogen and oxygen atoms in total. The Kier molecular flexibility index (Phi) is 4.35. The van der Waals surface area contributed by atoms with Crippen molar-refractivity contribution in [1.82, 2.24) is 15.1 Å². The Morgan fingerprint density at radius 3 is 2.29 bits per heavy atom. The van der Waals surface area contributed by atoms with Crippen LogP contribution in [-0.2, 0) is 6.18 Å². The number of piperidine rings is 1. The summed E-state index contributed by atoms with van der Waals surface area (Å²) in [7, 11) is 0. The lowest BCUT2D eigenvalue weighted by Crippen LogP contribution is -2.43. The summed E-state index contributed by atoms with van der Waals surface area (Å²) in [6, 6.07) is 0.931. The van der Waals surface area contributed by atoms with Gasteiger partial charge in [-0.25, -0.2) is 0 Å². The van der Waals surface area contributed by atoms with Crippen LogP contribution in [0.4, 0.5) is 18.3 Å². The van der Waals surface area contributed by atoms with Crippen LogP contribution in [0.25, 0.3) is 0 Å². The first-order valence-corrected chi connectivity index (χ1v) is 8.25. The predicted molar refractivity (Wildman–Crippen MR) is 75.4 cm³/mol. The van der Waals surface area contributed by atoms with Crippen molar-refractivity contribution in [2.75, 3.05) is 18.4 Å². The van der Waals surface area contributed by atoms with Crippen molar-refractivity contribution in [2.45, 2.75) is 56.8 Å². The third-order valence-electron chi connectivity index (χ3n) is 4.37. The second kappa shape index (κ2) is 6.08. The zero-order valence-corrected chi connectivity index (χ0v) is 12.5. The number of hydrogen-bond donors (Lipinski definition) is 1. The normalized spacial score (nSPS) is 22.8. The molecule has 118 valence electrons. The highest BCUT2D eigenvalue weighted by molar-refractivity contribution is 7.15. The van der Waals surface area contributed by atoms with E-state index in [0.717, 1.165) is 32.0 Å². The topological polar surface area (TPSA) is 41.1 Å². The van der Waals surface area contributed by atoms with Crippen molar-refractivity contribution in [3.63, 3.8) is 0 Å². The van der Waals surface area contributed by atoms with Gasteiger partial charge >= 0.3 is 6.18 Å². The molecule has 8 heteroatoms. The highest BCUT2D eigenvalue weighted by atomic mass is 32.1. The van der Waals surface area contributed by atoms with Gasteiger partial charge in [0.1, 0.15) is 0 Å². The molecule has 2 aliphatic rings. The van der Waals surface area contributed by atoms with Crippen LogP contribution in [0, 0.1) is 0 Å². The van der Waals surface area contributed by atoms with Gasteiger partial charge in [0.2, 0.25) is 10.1 Å². The van der Waals surface area contributed by atoms with Crippen LogP contribution in [0.5, 0.6) is 0 Å². The number of likely N-dealkylation sites (tertiary alicyclic amines) is 1. The zero-order valence-electron chi connectivity index (χ0n) is 11.7. The molecule has 1 aromatic heterocycles. The van der Waals surface area contributed by atoms with Gasteiger partial charge in [-0.3, -0.25) is 0 Å². The Morgan fingerprint density at radius 2 is 1.71 bits per heavy atom. The van der Waals surface area contributed by atoms with E-state index in [-0.39, 0.29) is 11.2 Å². The van der Waals surface area contributed by atoms with Crippen molar-refractivity contribution in [2.24, 2.45) is 0 Å². The summed E-state index contributed by atoms with van der Waals surface area (Å²) < 4.78 is 37.4. The van der Waals surface area contributed by atoms with Crippen LogP contribution in [0.2, 0.25) is 0 Å². The maximum absolute atomic E-state index is 12.5. The second-order valence-electron chi connectivity index (χ2n) is 5.80. The summed E-state index contributed by atoms with van der Waals surface area (Å²) in [5, 5.41) is 9.30. The molecule has 1 aromatic rings. The van der Waals surface area contributed by atoms with Crippen molar-refractivity contribution in [3.8, 4) is 0 Å². The second-order valence-corrected chi connectivity index (χ2v) is 6.78. The van der Waals surface area contributed by atoms with Gasteiger partial charge in [-0.05, 0) is 25.7 Å². The third kappa shape index (κ3) is 3.66. The number of anilines is 1. The molecule has 1 saturated heterocycles. The first-order valence-electron chi connectivity index (χ1n) is 7.43. The Morgan fingerprint density at radius 1 is 1.05 bits per heavy atom. The van der Waals surface area contributed by atoms with Crippen LogP contribution >= 0.6 is 11.3 Å². The molecule has 0 spiro atoms. The summed E-state index contributed by atoms with van der Waals surface area (Å²) >= 11 is 0.588. The van der Waals surface area contributed by atoms with E-state index < -0.39 is 11.2 Å². The Hall–Kier alpha value is -0.890. The lowest BCUT2D eigenvalue weighted by atomic mass is 10.0. The van der Waals surface area contributed by atoms with Gasteiger partial charge in [-0.1, -0.05) is 24.2 Å². The summed E-state index contributed by atoms with van der Waals surface area (Å²) in [5.41, 5.74) is 0. The largest absolute Gasteiger partial charge is 0.445 e. The van der Waals surface area contributed by atoms with E-state index in [1.807, 2.05) is 0 Å². The number of nitrogens with zero attached hydrogens (tertiary/aromatic N) is 3. The van der Waals surface area contributed by atoms with E-state index >= 15 is 0 Å². The third-order valence-corrected chi connectivity index (χ3v) is 5.27. The molecule has 1 N–H and O–H groups in total. The number of halogens is 3. The molecule has 0 atom stereocenters. The molecular formula is C13H19F3N4S. The monoisotopic (exact) mass is 320 g/mol. The van der Waals surface area contributed by atoms with Crippen molar-refractivity contribution >= 4 is 16.5 Å². The van der Waals surface area contributed by atoms with Crippen molar-refractivity contribution in [1.29, 1.82) is 0 Å². The smallest absolute Gasteiger partial charge is 0.357 e. The molecule has 1 aliphatic heterocycles. The number of rotatable bonds is 3. The standard InChI is InChI=1S/C13H19F3N4S/c14-13(15,16)11-18-19-12(21-11)17-9-5-7-20(8-6-9)10-3-1-2-4-10/h9-10H,1-8H2,(H,17,19). The quantitative estimate of drug-likeness (QED) is 0.927. The van der Waals surface area contributed by atoms with Crippen LogP contribution in [0.1, 0.15) is 43.5 Å². The lowest BCUT2D eigenvalue weighted by molar-refractivity contribution is -0.138. The zero-order chi connectivity index (χ0) is 14.9. The highest BCUT2D eigenvalue weighted by Gasteiger charge is 2.36. The molecule has 0 amide bonds. The molecule has 2 heterocycles. The van der Waals surface area contributed by atoms with Crippen LogP contribution in [0.3, 0.4) is 0 Å². The molecule has 2 fully saturated rings. The number of aromatic nitrogens is 2. The van der Waals surface area contributed by atoms with Gasteiger partial charge < -0.3 is 10.2 Å². The summed E-state index contributed by atoms with van der Waals surface area (Å²) in [6.45, 7) is 2.04. The van der Waals surface area contributed by atoms with Gasteiger partial charge in [-0.2, -0.15) is 13.2 Å². The Labute approximate surface area is 125 Å². The lowest BCUT2D eigenvalue weighted by Gasteiger charge is -2.36. The molecule has 3 rings (SSSR count). The number of nitrogens with one attached hydrogen (secondary N) is 1. The Bertz CT molecular complexity index is 462. The fraction of sp³-hybridized carbons (Fsp3) is 0.846. The maximum Gasteiger partial charge on any atom is 0.445 e. The van der Waals surface area contributed by atoms with Gasteiger partial charge in [0.15, 0.2) is 0 Å². The minimum Gasteiger partial charge on any atom is -0.357 e. The van der Waals surface area contributed by atoms with Crippen molar-refractivity contribution in [3.05, 3.63) is 5.01 Å². The van der Waals surface area contributed by atoms with E-state index in [4.69, 9.17) is 0 Å². The average molecular weight is 320 g/mol. The number of hydrogen-bond acceptors (Lipinski definition) is 5. The minimum absolute atomic E-state index is 0.205. The molecule has 21 heavy (non-hydrogen) atoms. The molecular weight excluding hydrogens is 301 g/mol. The maximum atomic E-state index is 12.5. The fourth-order valence-corrected chi connectivity index (χ4v) is 3.94. The molecule has 0 bridgehead atoms. The minimum atomic E-state index is -4.40. The molecule has 1 aliphatic carbocycles. The van der Waals surface area contributed by atoms with Crippen LogP contribution < -0.4 is 5.32 Å². The SMILES string of the molecule is FC(F)(F)c1nnc(NC2CCN(C3CCCC3)CC2)s1. The summed E-state index contributed by atoms with van der Waals surface area (Å²) in [4.78, 5) is 2.53. The van der Waals surface area contributed by atoms with Crippen molar-refractivity contribution < 1.29 is 13.2 Å². The van der Waals surface area contributed by atoms with E-state index in [1.54, 1.807) is 0 Å². The molecule has 0 aromatic carbocycles. The predicted octanol–water partition coefficient (Wildman–Crippen LogP) is 3.38.